The van der Waals surface area contributed by atoms with Crippen LogP contribution in [0.5, 0.6) is 0 Å². The highest BCUT2D eigenvalue weighted by Gasteiger charge is 2.31. The minimum absolute atomic E-state index is 0.183. The minimum Gasteiger partial charge on any atom is -0.374 e. The molecule has 5 heteroatoms. The second kappa shape index (κ2) is 7.29. The molecule has 1 N–H and O–H groups in total. The average molecular weight is 298 g/mol. The molecule has 2 rings (SSSR count). The minimum atomic E-state index is -0.813. The first-order chi connectivity index (χ1) is 10.0. The van der Waals surface area contributed by atoms with E-state index in [9.17, 15) is 8.78 Å². The lowest BCUT2D eigenvalue weighted by atomic mass is 9.98. The van der Waals surface area contributed by atoms with E-state index >= 15 is 0 Å². The van der Waals surface area contributed by atoms with Crippen molar-refractivity contribution in [3.8, 4) is 0 Å². The zero-order valence-electron chi connectivity index (χ0n) is 12.9. The van der Waals surface area contributed by atoms with E-state index in [4.69, 9.17) is 4.74 Å². The van der Waals surface area contributed by atoms with Gasteiger partial charge in [0.15, 0.2) is 11.6 Å². The summed E-state index contributed by atoms with van der Waals surface area (Å²) in [7, 11) is 0. The van der Waals surface area contributed by atoms with E-state index in [2.05, 4.69) is 24.1 Å². The quantitative estimate of drug-likeness (QED) is 0.904. The molecule has 2 unspecified atom stereocenters. The number of nitrogens with one attached hydrogen (secondary N) is 1. The highest BCUT2D eigenvalue weighted by molar-refractivity contribution is 5.24. The zero-order chi connectivity index (χ0) is 15.4. The van der Waals surface area contributed by atoms with E-state index in [0.29, 0.717) is 31.3 Å². The van der Waals surface area contributed by atoms with Gasteiger partial charge >= 0.3 is 0 Å². The molecule has 1 aliphatic rings. The van der Waals surface area contributed by atoms with Gasteiger partial charge in [0.25, 0.3) is 0 Å². The Morgan fingerprint density at radius 2 is 2.14 bits per heavy atom. The van der Waals surface area contributed by atoms with E-state index in [0.717, 1.165) is 12.6 Å². The van der Waals surface area contributed by atoms with Crippen LogP contribution in [-0.2, 0) is 4.74 Å². The fourth-order valence-electron chi connectivity index (χ4n) is 2.79. The first-order valence-electron chi connectivity index (χ1n) is 7.57. The number of rotatable bonds is 5. The molecule has 21 heavy (non-hydrogen) atoms. The molecule has 1 aromatic carbocycles. The number of morpholine rings is 1. The Balaban J connectivity index is 2.24. The number of hydrogen-bond donors (Lipinski definition) is 1. The van der Waals surface area contributed by atoms with Crippen molar-refractivity contribution in [3.05, 3.63) is 35.4 Å². The van der Waals surface area contributed by atoms with Crippen LogP contribution in [0.3, 0.4) is 0 Å². The zero-order valence-corrected chi connectivity index (χ0v) is 12.9. The third-order valence-electron chi connectivity index (χ3n) is 3.97. The lowest BCUT2D eigenvalue weighted by Crippen LogP contribution is -2.50. The molecule has 0 aromatic heterocycles. The van der Waals surface area contributed by atoms with Crippen molar-refractivity contribution in [2.45, 2.75) is 39.0 Å². The predicted octanol–water partition coefficient (Wildman–Crippen LogP) is 2.72. The summed E-state index contributed by atoms with van der Waals surface area (Å²) in [6.07, 6.45) is -0.183. The molecule has 2 atom stereocenters. The van der Waals surface area contributed by atoms with Gasteiger partial charge in [-0.05, 0) is 26.5 Å². The van der Waals surface area contributed by atoms with Crippen LogP contribution in [0, 0.1) is 11.6 Å². The molecule has 0 radical (unpaired) electrons. The molecule has 1 heterocycles. The van der Waals surface area contributed by atoms with Crippen LogP contribution in [0.1, 0.15) is 32.4 Å². The highest BCUT2D eigenvalue weighted by atomic mass is 19.2. The fourth-order valence-corrected chi connectivity index (χ4v) is 2.79. The molecule has 1 aliphatic heterocycles. The van der Waals surface area contributed by atoms with Crippen LogP contribution in [0.15, 0.2) is 18.2 Å². The van der Waals surface area contributed by atoms with Crippen LogP contribution in [-0.4, -0.2) is 43.3 Å². The van der Waals surface area contributed by atoms with Gasteiger partial charge in [0.2, 0.25) is 0 Å². The standard InChI is InChI=1S/C16H24F2N2O/c1-4-19-16(12-6-5-7-13(17)15(12)18)14-10-20(11(2)3)8-9-21-14/h5-7,11,14,16,19H,4,8-10H2,1-3H3. The normalized spacial score (nSPS) is 21.7. The van der Waals surface area contributed by atoms with Crippen LogP contribution < -0.4 is 5.32 Å². The average Bonchev–Trinajstić information content (AvgIpc) is 2.48. The lowest BCUT2D eigenvalue weighted by molar-refractivity contribution is -0.0564. The van der Waals surface area contributed by atoms with Crippen molar-refractivity contribution in [1.29, 1.82) is 0 Å². The molecule has 0 bridgehead atoms. The molecule has 1 saturated heterocycles. The van der Waals surface area contributed by atoms with Crippen LogP contribution >= 0.6 is 0 Å². The predicted molar refractivity (Wildman–Crippen MR) is 79.2 cm³/mol. The molecule has 0 spiro atoms. The number of likely N-dealkylation sites (N-methyl/N-ethyl adjacent to an activating group) is 1. The second-order valence-corrected chi connectivity index (χ2v) is 5.68. The van der Waals surface area contributed by atoms with Crippen LogP contribution in [0.2, 0.25) is 0 Å². The van der Waals surface area contributed by atoms with Crippen molar-refractivity contribution in [3.63, 3.8) is 0 Å². The molecular formula is C16H24F2N2O. The Bertz CT molecular complexity index is 468. The van der Waals surface area contributed by atoms with Crippen molar-refractivity contribution in [1.82, 2.24) is 10.2 Å². The van der Waals surface area contributed by atoms with Gasteiger partial charge in [-0.25, -0.2) is 8.78 Å². The summed E-state index contributed by atoms with van der Waals surface area (Å²) in [4.78, 5) is 2.30. The summed E-state index contributed by atoms with van der Waals surface area (Å²) < 4.78 is 33.4. The van der Waals surface area contributed by atoms with E-state index in [1.807, 2.05) is 6.92 Å². The number of hydrogen-bond acceptors (Lipinski definition) is 3. The van der Waals surface area contributed by atoms with E-state index in [-0.39, 0.29) is 12.1 Å². The Hall–Kier alpha value is -1.04. The first-order valence-corrected chi connectivity index (χ1v) is 7.57. The van der Waals surface area contributed by atoms with E-state index in [1.54, 1.807) is 12.1 Å². The number of benzene rings is 1. The third kappa shape index (κ3) is 3.78. The number of nitrogens with zero attached hydrogens (tertiary/aromatic N) is 1. The van der Waals surface area contributed by atoms with E-state index in [1.165, 1.54) is 0 Å². The Morgan fingerprint density at radius 1 is 1.38 bits per heavy atom. The van der Waals surface area contributed by atoms with Gasteiger partial charge in [-0.15, -0.1) is 0 Å². The molecule has 0 amide bonds. The van der Waals surface area contributed by atoms with Gasteiger partial charge in [-0.2, -0.15) is 0 Å². The molecule has 1 fully saturated rings. The Labute approximate surface area is 125 Å². The Morgan fingerprint density at radius 3 is 2.81 bits per heavy atom. The maximum absolute atomic E-state index is 14.1. The van der Waals surface area contributed by atoms with Crippen molar-refractivity contribution in [2.75, 3.05) is 26.2 Å². The first kappa shape index (κ1) is 16.3. The molecule has 3 nitrogen and oxygen atoms in total. The third-order valence-corrected chi connectivity index (χ3v) is 3.97. The maximum atomic E-state index is 14.1. The molecule has 118 valence electrons. The molecular weight excluding hydrogens is 274 g/mol. The summed E-state index contributed by atoms with van der Waals surface area (Å²) in [5.41, 5.74) is 0.340. The number of halogens is 2. The maximum Gasteiger partial charge on any atom is 0.163 e. The van der Waals surface area contributed by atoms with E-state index < -0.39 is 11.6 Å². The summed E-state index contributed by atoms with van der Waals surface area (Å²) in [6, 6.07) is 4.39. The second-order valence-electron chi connectivity index (χ2n) is 5.68. The van der Waals surface area contributed by atoms with Gasteiger partial charge in [0, 0.05) is 24.7 Å². The fraction of sp³-hybridized carbons (Fsp3) is 0.625. The van der Waals surface area contributed by atoms with Gasteiger partial charge in [-0.3, -0.25) is 4.90 Å². The van der Waals surface area contributed by atoms with Gasteiger partial charge in [0.05, 0.1) is 18.8 Å². The molecule has 0 aliphatic carbocycles. The topological polar surface area (TPSA) is 24.5 Å². The SMILES string of the molecule is CCNC(c1cccc(F)c1F)C1CN(C(C)C)CCO1. The van der Waals surface area contributed by atoms with Gasteiger partial charge in [0.1, 0.15) is 0 Å². The smallest absolute Gasteiger partial charge is 0.163 e. The summed E-state index contributed by atoms with van der Waals surface area (Å²) in [5.74, 6) is -1.60. The molecule has 0 saturated carbocycles. The monoisotopic (exact) mass is 298 g/mol. The van der Waals surface area contributed by atoms with Crippen LogP contribution in [0.25, 0.3) is 0 Å². The summed E-state index contributed by atoms with van der Waals surface area (Å²) >= 11 is 0. The van der Waals surface area contributed by atoms with Crippen molar-refractivity contribution >= 4 is 0 Å². The Kier molecular flexibility index (Phi) is 5.67. The van der Waals surface area contributed by atoms with Crippen molar-refractivity contribution < 1.29 is 13.5 Å². The van der Waals surface area contributed by atoms with Crippen molar-refractivity contribution in [2.24, 2.45) is 0 Å². The van der Waals surface area contributed by atoms with Gasteiger partial charge in [-0.1, -0.05) is 19.1 Å². The highest BCUT2D eigenvalue weighted by Crippen LogP contribution is 2.26. The molecule has 1 aromatic rings. The van der Waals surface area contributed by atoms with Gasteiger partial charge < -0.3 is 10.1 Å². The summed E-state index contributed by atoms with van der Waals surface area (Å²) in [6.45, 7) is 9.09. The lowest BCUT2D eigenvalue weighted by Gasteiger charge is -2.39. The largest absolute Gasteiger partial charge is 0.374 e. The summed E-state index contributed by atoms with van der Waals surface area (Å²) in [5, 5.41) is 3.24. The number of ether oxygens (including phenoxy) is 1. The van der Waals surface area contributed by atoms with Crippen LogP contribution in [0.4, 0.5) is 8.78 Å².